The second-order valence-corrected chi connectivity index (χ2v) is 8.35. The van der Waals surface area contributed by atoms with Crippen LogP contribution in [0.15, 0.2) is 90.6 Å². The van der Waals surface area contributed by atoms with Crippen LogP contribution in [0.4, 0.5) is 0 Å². The number of carbonyl (C=O) groups excluding carboxylic acids is 1. The monoisotopic (exact) mass is 476 g/mol. The van der Waals surface area contributed by atoms with E-state index in [1.807, 2.05) is 92.0 Å². The van der Waals surface area contributed by atoms with Gasteiger partial charge in [0.15, 0.2) is 11.5 Å². The number of rotatable bonds is 6. The van der Waals surface area contributed by atoms with Crippen LogP contribution in [-0.2, 0) is 4.79 Å². The summed E-state index contributed by atoms with van der Waals surface area (Å²) in [5.74, 6) is 0.865. The van der Waals surface area contributed by atoms with Gasteiger partial charge in [-0.15, -0.1) is 0 Å². The Balaban J connectivity index is 1.52. The molecule has 36 heavy (non-hydrogen) atoms. The van der Waals surface area contributed by atoms with Crippen molar-refractivity contribution in [3.63, 3.8) is 0 Å². The van der Waals surface area contributed by atoms with E-state index in [0.717, 1.165) is 16.8 Å². The molecule has 1 aliphatic heterocycles. The number of hydrogen-bond donors (Lipinski definition) is 1. The fourth-order valence-corrected chi connectivity index (χ4v) is 4.02. The maximum atomic E-state index is 13.0. The van der Waals surface area contributed by atoms with Crippen molar-refractivity contribution in [3.8, 4) is 34.5 Å². The number of nitriles is 1. The van der Waals surface area contributed by atoms with E-state index in [2.05, 4.69) is 11.4 Å². The quantitative estimate of drug-likeness (QED) is 0.309. The summed E-state index contributed by atoms with van der Waals surface area (Å²) in [5, 5.41) is 17.5. The van der Waals surface area contributed by atoms with Gasteiger partial charge in [-0.2, -0.15) is 10.4 Å². The van der Waals surface area contributed by atoms with Crippen LogP contribution in [0.3, 0.4) is 0 Å². The van der Waals surface area contributed by atoms with Gasteiger partial charge in [-0.05, 0) is 48.9 Å². The lowest BCUT2D eigenvalue weighted by Crippen LogP contribution is -2.27. The first-order chi connectivity index (χ1) is 17.6. The maximum absolute atomic E-state index is 13.0. The molecule has 178 valence electrons. The molecule has 1 aromatic heterocycles. The number of para-hydroxylation sites is 1. The van der Waals surface area contributed by atoms with Gasteiger partial charge in [0, 0.05) is 17.3 Å². The Kier molecular flexibility index (Phi) is 6.50. The largest absolute Gasteiger partial charge is 0.486 e. The molecule has 5 rings (SSSR count). The molecule has 1 aliphatic rings. The Bertz CT molecular complexity index is 1450. The fraction of sp³-hybridized carbons (Fsp3) is 0.138. The summed E-state index contributed by atoms with van der Waals surface area (Å²) in [6, 6.07) is 26.7. The van der Waals surface area contributed by atoms with Crippen LogP contribution in [0.1, 0.15) is 24.1 Å². The zero-order valence-corrected chi connectivity index (χ0v) is 19.7. The molecular formula is C29H24N4O3. The lowest BCUT2D eigenvalue weighted by Gasteiger charge is -2.18. The highest BCUT2D eigenvalue weighted by Gasteiger charge is 2.19. The number of nitrogens with one attached hydrogen (secondary N) is 1. The molecule has 1 atom stereocenters. The van der Waals surface area contributed by atoms with Crippen LogP contribution >= 0.6 is 0 Å². The molecule has 0 saturated heterocycles. The third-order valence-corrected chi connectivity index (χ3v) is 5.89. The summed E-state index contributed by atoms with van der Waals surface area (Å²) in [6.07, 6.45) is 3.39. The van der Waals surface area contributed by atoms with E-state index in [1.165, 1.54) is 0 Å². The minimum absolute atomic E-state index is 0.0100. The summed E-state index contributed by atoms with van der Waals surface area (Å²) >= 11 is 0. The van der Waals surface area contributed by atoms with Crippen molar-refractivity contribution in [2.75, 3.05) is 13.2 Å². The summed E-state index contributed by atoms with van der Waals surface area (Å²) in [7, 11) is 0. The van der Waals surface area contributed by atoms with E-state index in [1.54, 1.807) is 10.8 Å². The average molecular weight is 477 g/mol. The number of amides is 1. The highest BCUT2D eigenvalue weighted by molar-refractivity contribution is 6.02. The molecule has 1 N–H and O–H groups in total. The number of ether oxygens (including phenoxy) is 2. The lowest BCUT2D eigenvalue weighted by molar-refractivity contribution is -0.117. The minimum atomic E-state index is -0.450. The van der Waals surface area contributed by atoms with Gasteiger partial charge in [0.25, 0.3) is 5.91 Å². The smallest absolute Gasteiger partial charge is 0.262 e. The standard InChI is InChI=1S/C29H24N4O3/c1-20(21-8-4-2-5-9-21)31-29(34)23(18-30)16-24-19-33(25-10-6-3-7-11-25)32-28(24)22-12-13-26-27(17-22)36-15-14-35-26/h2-13,16-17,19-20H,14-15H2,1H3,(H,31,34)/b23-16+. The van der Waals surface area contributed by atoms with Crippen LogP contribution in [0.25, 0.3) is 23.0 Å². The van der Waals surface area contributed by atoms with Gasteiger partial charge in [0.1, 0.15) is 30.6 Å². The molecule has 1 unspecified atom stereocenters. The van der Waals surface area contributed by atoms with Crippen LogP contribution < -0.4 is 14.8 Å². The van der Waals surface area contributed by atoms with Crippen molar-refractivity contribution in [1.82, 2.24) is 15.1 Å². The van der Waals surface area contributed by atoms with Crippen molar-refractivity contribution in [3.05, 3.63) is 102 Å². The number of nitrogens with zero attached hydrogens (tertiary/aromatic N) is 3. The van der Waals surface area contributed by atoms with Gasteiger partial charge in [-0.25, -0.2) is 4.68 Å². The molecule has 0 bridgehead atoms. The minimum Gasteiger partial charge on any atom is -0.486 e. The normalized spacial score (nSPS) is 13.5. The third-order valence-electron chi connectivity index (χ3n) is 5.89. The number of carbonyl (C=O) groups is 1. The van der Waals surface area contributed by atoms with Crippen LogP contribution in [0.5, 0.6) is 11.5 Å². The third kappa shape index (κ3) is 4.84. The lowest BCUT2D eigenvalue weighted by atomic mass is 10.0. The molecule has 2 heterocycles. The highest BCUT2D eigenvalue weighted by Crippen LogP contribution is 2.36. The summed E-state index contributed by atoms with van der Waals surface area (Å²) in [4.78, 5) is 13.0. The Morgan fingerprint density at radius 1 is 1.03 bits per heavy atom. The van der Waals surface area contributed by atoms with E-state index in [0.29, 0.717) is 36.0 Å². The molecule has 0 saturated carbocycles. The Hall–Kier alpha value is -4.83. The molecule has 0 spiro atoms. The van der Waals surface area contributed by atoms with Crippen molar-refractivity contribution in [2.24, 2.45) is 0 Å². The first kappa shape index (κ1) is 22.9. The van der Waals surface area contributed by atoms with Crippen molar-refractivity contribution in [1.29, 1.82) is 5.26 Å². The zero-order valence-electron chi connectivity index (χ0n) is 19.7. The second kappa shape index (κ2) is 10.2. The van der Waals surface area contributed by atoms with Crippen molar-refractivity contribution in [2.45, 2.75) is 13.0 Å². The van der Waals surface area contributed by atoms with E-state index in [-0.39, 0.29) is 11.6 Å². The molecule has 0 fully saturated rings. The number of hydrogen-bond acceptors (Lipinski definition) is 5. The predicted octanol–water partition coefficient (Wildman–Crippen LogP) is 5.09. The number of benzene rings is 3. The Morgan fingerprint density at radius 3 is 2.44 bits per heavy atom. The molecular weight excluding hydrogens is 452 g/mol. The highest BCUT2D eigenvalue weighted by atomic mass is 16.6. The van der Waals surface area contributed by atoms with Gasteiger partial charge in [0.05, 0.1) is 11.7 Å². The first-order valence-corrected chi connectivity index (χ1v) is 11.6. The summed E-state index contributed by atoms with van der Waals surface area (Å²) in [5.41, 5.74) is 3.84. The van der Waals surface area contributed by atoms with Gasteiger partial charge >= 0.3 is 0 Å². The van der Waals surface area contributed by atoms with Gasteiger partial charge < -0.3 is 14.8 Å². The molecule has 7 nitrogen and oxygen atoms in total. The van der Waals surface area contributed by atoms with Gasteiger partial charge in [0.2, 0.25) is 0 Å². The summed E-state index contributed by atoms with van der Waals surface area (Å²) < 4.78 is 13.1. The second-order valence-electron chi connectivity index (χ2n) is 8.35. The number of aromatic nitrogens is 2. The predicted molar refractivity (Wildman–Crippen MR) is 137 cm³/mol. The van der Waals surface area contributed by atoms with Crippen LogP contribution in [0, 0.1) is 11.3 Å². The van der Waals surface area contributed by atoms with Crippen molar-refractivity contribution >= 4 is 12.0 Å². The van der Waals surface area contributed by atoms with Gasteiger partial charge in [-0.3, -0.25) is 4.79 Å². The topological polar surface area (TPSA) is 89.2 Å². The number of fused-ring (bicyclic) bond motifs is 1. The van der Waals surface area contributed by atoms with Gasteiger partial charge in [-0.1, -0.05) is 48.5 Å². The fourth-order valence-electron chi connectivity index (χ4n) is 4.02. The van der Waals surface area contributed by atoms with E-state index in [4.69, 9.17) is 14.6 Å². The molecule has 7 heteroatoms. The zero-order chi connectivity index (χ0) is 24.9. The SMILES string of the molecule is CC(NC(=O)/C(C#N)=C/c1cn(-c2ccccc2)nc1-c1ccc2c(c1)OCCO2)c1ccccc1. The van der Waals surface area contributed by atoms with Crippen molar-refractivity contribution < 1.29 is 14.3 Å². The molecule has 4 aromatic rings. The maximum Gasteiger partial charge on any atom is 0.262 e. The molecule has 1 amide bonds. The summed E-state index contributed by atoms with van der Waals surface area (Å²) in [6.45, 7) is 2.86. The Labute approximate surface area is 209 Å². The van der Waals surface area contributed by atoms with E-state index >= 15 is 0 Å². The average Bonchev–Trinajstić information content (AvgIpc) is 3.36. The molecule has 0 aliphatic carbocycles. The van der Waals surface area contributed by atoms with E-state index < -0.39 is 5.91 Å². The van der Waals surface area contributed by atoms with Crippen LogP contribution in [-0.4, -0.2) is 28.9 Å². The first-order valence-electron chi connectivity index (χ1n) is 11.6. The molecule has 0 radical (unpaired) electrons. The van der Waals surface area contributed by atoms with E-state index in [9.17, 15) is 10.1 Å². The molecule has 3 aromatic carbocycles. The Morgan fingerprint density at radius 2 is 1.72 bits per heavy atom. The van der Waals surface area contributed by atoms with Crippen LogP contribution in [0.2, 0.25) is 0 Å².